The molecule has 1 aromatic carbocycles. The Labute approximate surface area is 117 Å². The van der Waals surface area contributed by atoms with Gasteiger partial charge < -0.3 is 4.74 Å². The van der Waals surface area contributed by atoms with Crippen LogP contribution in [-0.4, -0.2) is 9.91 Å². The Kier molecular flexibility index (Phi) is 3.73. The minimum atomic E-state index is -0.868. The van der Waals surface area contributed by atoms with Crippen molar-refractivity contribution in [2.75, 3.05) is 0 Å². The SMILES string of the molecule is N#Cc1ccc(Oc2nccc(C#N)c2[N+](=O)[O-])c(F)c1. The second kappa shape index (κ2) is 5.63. The van der Waals surface area contributed by atoms with Gasteiger partial charge in [-0.3, -0.25) is 10.1 Å². The minimum absolute atomic E-state index is 0.0769. The van der Waals surface area contributed by atoms with Crippen LogP contribution in [0.25, 0.3) is 0 Å². The van der Waals surface area contributed by atoms with Crippen LogP contribution in [-0.2, 0) is 0 Å². The lowest BCUT2D eigenvalue weighted by Crippen LogP contribution is -1.99. The van der Waals surface area contributed by atoms with Gasteiger partial charge in [-0.2, -0.15) is 10.5 Å². The normalized spacial score (nSPS) is 9.48. The Morgan fingerprint density at radius 3 is 2.62 bits per heavy atom. The molecule has 0 radical (unpaired) electrons. The molecule has 21 heavy (non-hydrogen) atoms. The van der Waals surface area contributed by atoms with Crippen molar-refractivity contribution in [1.29, 1.82) is 10.5 Å². The van der Waals surface area contributed by atoms with Gasteiger partial charge in [0, 0.05) is 6.20 Å². The molecule has 1 heterocycles. The minimum Gasteiger partial charge on any atom is -0.431 e. The number of hydrogen-bond acceptors (Lipinski definition) is 6. The van der Waals surface area contributed by atoms with Crippen molar-refractivity contribution in [2.24, 2.45) is 0 Å². The molecule has 7 nitrogen and oxygen atoms in total. The maximum atomic E-state index is 13.7. The highest BCUT2D eigenvalue weighted by atomic mass is 19.1. The largest absolute Gasteiger partial charge is 0.431 e. The number of halogens is 1. The third-order valence-corrected chi connectivity index (χ3v) is 2.46. The van der Waals surface area contributed by atoms with Crippen molar-refractivity contribution in [3.63, 3.8) is 0 Å². The molecule has 2 rings (SSSR count). The lowest BCUT2D eigenvalue weighted by Gasteiger charge is -2.06. The van der Waals surface area contributed by atoms with E-state index in [2.05, 4.69) is 4.98 Å². The highest BCUT2D eigenvalue weighted by Gasteiger charge is 2.24. The van der Waals surface area contributed by atoms with Gasteiger partial charge >= 0.3 is 11.6 Å². The number of nitriles is 2. The molecule has 0 spiro atoms. The summed E-state index contributed by atoms with van der Waals surface area (Å²) in [4.78, 5) is 13.8. The van der Waals surface area contributed by atoms with Crippen LogP contribution in [0, 0.1) is 38.6 Å². The third-order valence-electron chi connectivity index (χ3n) is 2.46. The van der Waals surface area contributed by atoms with Crippen LogP contribution in [0.3, 0.4) is 0 Å². The third kappa shape index (κ3) is 2.74. The highest BCUT2D eigenvalue weighted by Crippen LogP contribution is 2.32. The van der Waals surface area contributed by atoms with Gasteiger partial charge in [-0.05, 0) is 24.3 Å². The summed E-state index contributed by atoms with van der Waals surface area (Å²) < 4.78 is 18.8. The van der Waals surface area contributed by atoms with Gasteiger partial charge in [-0.1, -0.05) is 0 Å². The van der Waals surface area contributed by atoms with Crippen molar-refractivity contribution >= 4 is 5.69 Å². The van der Waals surface area contributed by atoms with Gasteiger partial charge in [0.05, 0.1) is 16.6 Å². The molecular formula is C13H5FN4O3. The summed E-state index contributed by atoms with van der Waals surface area (Å²) in [6, 6.07) is 7.90. The molecule has 0 atom stereocenters. The standard InChI is InChI=1S/C13H5FN4O3/c14-10-5-8(6-15)1-2-11(10)21-13-12(18(19)20)9(7-16)3-4-17-13/h1-5H. The van der Waals surface area contributed by atoms with Crippen LogP contribution in [0.1, 0.15) is 11.1 Å². The maximum Gasteiger partial charge on any atom is 0.348 e. The summed E-state index contributed by atoms with van der Waals surface area (Å²) >= 11 is 0. The molecule has 0 saturated heterocycles. The molecule has 0 fully saturated rings. The van der Waals surface area contributed by atoms with Crippen LogP contribution in [0.15, 0.2) is 30.5 Å². The van der Waals surface area contributed by atoms with E-state index in [1.807, 2.05) is 0 Å². The zero-order valence-corrected chi connectivity index (χ0v) is 10.3. The summed E-state index contributed by atoms with van der Waals surface area (Å²) in [7, 11) is 0. The van der Waals surface area contributed by atoms with Crippen molar-refractivity contribution < 1.29 is 14.1 Å². The maximum absolute atomic E-state index is 13.7. The first kappa shape index (κ1) is 13.9. The number of nitro groups is 1. The predicted octanol–water partition coefficient (Wildman–Crippen LogP) is 2.66. The molecule has 102 valence electrons. The van der Waals surface area contributed by atoms with E-state index in [0.29, 0.717) is 0 Å². The molecule has 0 N–H and O–H groups in total. The van der Waals surface area contributed by atoms with Gasteiger partial charge in [0.1, 0.15) is 11.6 Å². The van der Waals surface area contributed by atoms with Gasteiger partial charge in [-0.25, -0.2) is 9.37 Å². The fourth-order valence-corrected chi connectivity index (χ4v) is 1.53. The number of aromatic nitrogens is 1. The van der Waals surface area contributed by atoms with E-state index < -0.39 is 22.3 Å². The second-order valence-electron chi connectivity index (χ2n) is 3.74. The molecule has 0 amide bonds. The summed E-state index contributed by atoms with van der Waals surface area (Å²) in [5.74, 6) is -1.70. The topological polar surface area (TPSA) is 113 Å². The van der Waals surface area contributed by atoms with Crippen molar-refractivity contribution in [3.05, 3.63) is 57.5 Å². The fraction of sp³-hybridized carbons (Fsp3) is 0. The number of ether oxygens (including phenoxy) is 1. The average molecular weight is 284 g/mol. The molecule has 0 aliphatic rings. The van der Waals surface area contributed by atoms with E-state index in [0.717, 1.165) is 24.4 Å². The fourth-order valence-electron chi connectivity index (χ4n) is 1.53. The van der Waals surface area contributed by atoms with Crippen molar-refractivity contribution in [3.8, 4) is 23.8 Å². The smallest absolute Gasteiger partial charge is 0.348 e. The van der Waals surface area contributed by atoms with E-state index in [1.54, 1.807) is 12.1 Å². The van der Waals surface area contributed by atoms with Gasteiger partial charge in [0.2, 0.25) is 0 Å². The van der Waals surface area contributed by atoms with Crippen molar-refractivity contribution in [2.45, 2.75) is 0 Å². The van der Waals surface area contributed by atoms with Crippen LogP contribution >= 0.6 is 0 Å². The number of hydrogen-bond donors (Lipinski definition) is 0. The van der Waals surface area contributed by atoms with E-state index in [1.165, 1.54) is 6.07 Å². The average Bonchev–Trinajstić information content (AvgIpc) is 2.48. The molecule has 1 aromatic heterocycles. The van der Waals surface area contributed by atoms with Crippen molar-refractivity contribution in [1.82, 2.24) is 4.98 Å². The van der Waals surface area contributed by atoms with E-state index in [9.17, 15) is 14.5 Å². The molecule has 2 aromatic rings. The lowest BCUT2D eigenvalue weighted by atomic mass is 10.2. The molecule has 0 saturated carbocycles. The van der Waals surface area contributed by atoms with Crippen LogP contribution in [0.2, 0.25) is 0 Å². The van der Waals surface area contributed by atoms with Gasteiger partial charge in [0.15, 0.2) is 11.6 Å². The van der Waals surface area contributed by atoms with E-state index in [-0.39, 0.29) is 16.9 Å². The highest BCUT2D eigenvalue weighted by molar-refractivity contribution is 5.55. The molecule has 0 aliphatic heterocycles. The molecular weight excluding hydrogens is 279 g/mol. The predicted molar refractivity (Wildman–Crippen MR) is 66.8 cm³/mol. The van der Waals surface area contributed by atoms with Crippen LogP contribution < -0.4 is 4.74 Å². The molecule has 0 bridgehead atoms. The Balaban J connectivity index is 2.48. The Bertz CT molecular complexity index is 808. The zero-order chi connectivity index (χ0) is 15.4. The summed E-state index contributed by atoms with van der Waals surface area (Å²) in [6.07, 6.45) is 1.14. The number of rotatable bonds is 3. The Morgan fingerprint density at radius 2 is 2.05 bits per heavy atom. The van der Waals surface area contributed by atoms with E-state index in [4.69, 9.17) is 15.3 Å². The van der Waals surface area contributed by atoms with E-state index >= 15 is 0 Å². The second-order valence-corrected chi connectivity index (χ2v) is 3.74. The number of pyridine rings is 1. The Morgan fingerprint density at radius 1 is 1.29 bits per heavy atom. The first-order valence-electron chi connectivity index (χ1n) is 5.48. The monoisotopic (exact) mass is 284 g/mol. The Hall–Kier alpha value is -3.52. The molecule has 0 aliphatic carbocycles. The summed E-state index contributed by atoms with van der Waals surface area (Å²) in [6.45, 7) is 0. The van der Waals surface area contributed by atoms with Crippen LogP contribution in [0.5, 0.6) is 11.6 Å². The lowest BCUT2D eigenvalue weighted by molar-refractivity contribution is -0.386. The van der Waals surface area contributed by atoms with Gasteiger partial charge in [-0.15, -0.1) is 0 Å². The number of nitrogens with zero attached hydrogens (tertiary/aromatic N) is 4. The molecule has 0 unspecified atom stereocenters. The molecule has 8 heteroatoms. The van der Waals surface area contributed by atoms with Crippen LogP contribution in [0.4, 0.5) is 10.1 Å². The summed E-state index contributed by atoms with van der Waals surface area (Å²) in [5, 5.41) is 28.4. The zero-order valence-electron chi connectivity index (χ0n) is 10.3. The first-order valence-corrected chi connectivity index (χ1v) is 5.48. The number of benzene rings is 1. The quantitative estimate of drug-likeness (QED) is 0.632. The summed E-state index contributed by atoms with van der Waals surface area (Å²) in [5.41, 5.74) is -0.823. The van der Waals surface area contributed by atoms with Gasteiger partial charge in [0.25, 0.3) is 0 Å². The first-order chi connectivity index (χ1) is 10.1.